The number of benzene rings is 2. The minimum absolute atomic E-state index is 0.408. The lowest BCUT2D eigenvalue weighted by atomic mass is 9.72. The third kappa shape index (κ3) is 6.40. The summed E-state index contributed by atoms with van der Waals surface area (Å²) in [6.45, 7) is 2.33. The Morgan fingerprint density at radius 2 is 1.45 bits per heavy atom. The van der Waals surface area contributed by atoms with Gasteiger partial charge in [-0.1, -0.05) is 74.7 Å². The van der Waals surface area contributed by atoms with Crippen molar-refractivity contribution >= 4 is 8.80 Å². The monoisotopic (exact) mass is 478 g/mol. The molecule has 0 atom stereocenters. The van der Waals surface area contributed by atoms with E-state index in [0.29, 0.717) is 11.5 Å². The van der Waals surface area contributed by atoms with Crippen molar-refractivity contribution in [3.8, 4) is 16.9 Å². The second-order valence-corrected chi connectivity index (χ2v) is 13.5. The van der Waals surface area contributed by atoms with Crippen LogP contribution in [0.4, 0.5) is 17.6 Å². The maximum atomic E-state index is 14.1. The molecule has 0 N–H and O–H groups in total. The molecule has 1 aliphatic heterocycles. The van der Waals surface area contributed by atoms with Crippen LogP contribution in [0.3, 0.4) is 0 Å². The predicted octanol–water partition coefficient (Wildman–Crippen LogP) is 8.71. The van der Waals surface area contributed by atoms with E-state index in [0.717, 1.165) is 29.5 Å². The summed E-state index contributed by atoms with van der Waals surface area (Å²) < 4.78 is 54.8. The van der Waals surface area contributed by atoms with Gasteiger partial charge < -0.3 is 4.74 Å². The summed E-state index contributed by atoms with van der Waals surface area (Å²) in [5, 5.41) is 0. The number of halogens is 4. The molecule has 0 radical (unpaired) electrons. The second-order valence-electron chi connectivity index (χ2n) is 10.00. The molecule has 0 amide bonds. The number of hydrogen-bond acceptors (Lipinski definition) is 1. The van der Waals surface area contributed by atoms with Crippen molar-refractivity contribution in [1.82, 2.24) is 0 Å². The lowest BCUT2D eigenvalue weighted by molar-refractivity contribution is -0.275. The molecule has 0 bridgehead atoms. The maximum absolute atomic E-state index is 14.1. The molecule has 0 unspecified atom stereocenters. The van der Waals surface area contributed by atoms with Gasteiger partial charge in [0.2, 0.25) is 0 Å². The van der Waals surface area contributed by atoms with Crippen molar-refractivity contribution < 1.29 is 22.3 Å². The lowest BCUT2D eigenvalue weighted by Crippen LogP contribution is -2.28. The van der Waals surface area contributed by atoms with Gasteiger partial charge in [0.25, 0.3) is 0 Å². The summed E-state index contributed by atoms with van der Waals surface area (Å²) in [7, 11) is -0.408. The van der Waals surface area contributed by atoms with Crippen LogP contribution >= 0.6 is 0 Å². The maximum Gasteiger partial charge on any atom is 0.573 e. The largest absolute Gasteiger partial charge is 0.573 e. The van der Waals surface area contributed by atoms with Crippen molar-refractivity contribution in [1.29, 1.82) is 0 Å². The minimum atomic E-state index is -4.90. The number of rotatable bonds is 6. The highest BCUT2D eigenvalue weighted by Gasteiger charge is 2.33. The number of alkyl halides is 3. The topological polar surface area (TPSA) is 9.23 Å². The average Bonchev–Trinajstić information content (AvgIpc) is 2.81. The van der Waals surface area contributed by atoms with E-state index in [2.05, 4.69) is 23.8 Å². The first-order valence-corrected chi connectivity index (χ1v) is 14.9. The molecule has 0 aromatic heterocycles. The summed E-state index contributed by atoms with van der Waals surface area (Å²) >= 11 is 0. The molecule has 1 saturated heterocycles. The summed E-state index contributed by atoms with van der Waals surface area (Å²) in [4.78, 5) is 0. The fraction of sp³-hybridized carbons (Fsp3) is 0.556. The Balaban J connectivity index is 1.32. The van der Waals surface area contributed by atoms with Crippen LogP contribution in [0, 0.1) is 17.7 Å². The van der Waals surface area contributed by atoms with Crippen molar-refractivity contribution in [3.63, 3.8) is 0 Å². The summed E-state index contributed by atoms with van der Waals surface area (Å²) in [6, 6.07) is 16.3. The summed E-state index contributed by atoms with van der Waals surface area (Å²) in [5.41, 5.74) is 2.64. The Bertz CT molecular complexity index is 895. The van der Waals surface area contributed by atoms with Gasteiger partial charge in [-0.3, -0.25) is 0 Å². The average molecular weight is 479 g/mol. The van der Waals surface area contributed by atoms with Gasteiger partial charge in [-0.05, 0) is 72.3 Å². The molecule has 4 rings (SSSR count). The first-order chi connectivity index (χ1) is 15.8. The van der Waals surface area contributed by atoms with E-state index < -0.39 is 26.7 Å². The minimum Gasteiger partial charge on any atom is -0.403 e. The summed E-state index contributed by atoms with van der Waals surface area (Å²) in [5.74, 6) is 0.602. The molecule has 2 aliphatic rings. The fourth-order valence-corrected chi connectivity index (χ4v) is 9.60. The Hall–Kier alpha value is -1.82. The molecule has 180 valence electrons. The van der Waals surface area contributed by atoms with E-state index in [1.165, 1.54) is 62.6 Å². The molecular formula is C27H34F4OSi. The third-order valence-corrected chi connectivity index (χ3v) is 11.6. The lowest BCUT2D eigenvalue weighted by Gasteiger charge is -2.37. The van der Waals surface area contributed by atoms with E-state index in [1.54, 1.807) is 12.1 Å². The van der Waals surface area contributed by atoms with Gasteiger partial charge in [0.05, 0.1) is 0 Å². The normalized spacial score (nSPS) is 26.2. The Labute approximate surface area is 196 Å². The molecule has 2 aromatic carbocycles. The molecule has 1 heterocycles. The highest BCUT2D eigenvalue weighted by molar-refractivity contribution is 6.58. The van der Waals surface area contributed by atoms with Crippen LogP contribution in [0.15, 0.2) is 42.5 Å². The number of ether oxygens (including phenoxy) is 1. The zero-order valence-electron chi connectivity index (χ0n) is 19.3. The Kier molecular flexibility index (Phi) is 7.82. The summed E-state index contributed by atoms with van der Waals surface area (Å²) in [6.07, 6.45) is 4.53. The van der Waals surface area contributed by atoms with E-state index in [-0.39, 0.29) is 0 Å². The van der Waals surface area contributed by atoms with Crippen LogP contribution in [-0.4, -0.2) is 15.2 Å². The molecule has 1 aliphatic carbocycles. The van der Waals surface area contributed by atoms with Crippen LogP contribution in [0.5, 0.6) is 5.75 Å². The highest BCUT2D eigenvalue weighted by Crippen LogP contribution is 2.44. The second kappa shape index (κ2) is 10.6. The van der Waals surface area contributed by atoms with Crippen molar-refractivity contribution in [2.75, 3.05) is 0 Å². The van der Waals surface area contributed by atoms with Gasteiger partial charge in [0.15, 0.2) is 11.6 Å². The smallest absolute Gasteiger partial charge is 0.403 e. The molecule has 1 saturated carbocycles. The highest BCUT2D eigenvalue weighted by atomic mass is 28.3. The van der Waals surface area contributed by atoms with Crippen molar-refractivity contribution in [3.05, 3.63) is 53.8 Å². The van der Waals surface area contributed by atoms with Crippen LogP contribution in [0.1, 0.15) is 63.4 Å². The molecule has 33 heavy (non-hydrogen) atoms. The standard InChI is InChI=1S/C27H34F4OSi/c1-2-15-33-16-13-23(14-17-33)21-5-3-19(4-6-21)20-7-9-22(10-8-20)24-11-12-26(25(28)18-24)32-27(29,30)31/h7-12,18-19,21,23,33H,2-6,13-17H2,1H3/t19-,21-,23?,33?. The zero-order chi connectivity index (χ0) is 23.4. The van der Waals surface area contributed by atoms with Crippen molar-refractivity contribution in [2.24, 2.45) is 11.8 Å². The Morgan fingerprint density at radius 1 is 0.848 bits per heavy atom. The van der Waals surface area contributed by atoms with E-state index >= 15 is 0 Å². The van der Waals surface area contributed by atoms with E-state index in [4.69, 9.17) is 0 Å². The van der Waals surface area contributed by atoms with Gasteiger partial charge in [0, 0.05) is 8.80 Å². The van der Waals surface area contributed by atoms with Gasteiger partial charge in [-0.15, -0.1) is 13.2 Å². The molecular weight excluding hydrogens is 444 g/mol. The van der Waals surface area contributed by atoms with Gasteiger partial charge in [0.1, 0.15) is 0 Å². The Morgan fingerprint density at radius 3 is 2.03 bits per heavy atom. The molecule has 1 nitrogen and oxygen atoms in total. The SMILES string of the molecule is CCC[SiH]1CCC([C@H]2CC[C@H](c3ccc(-c4ccc(OC(F)(F)F)c(F)c4)cc3)CC2)CC1. The van der Waals surface area contributed by atoms with Gasteiger partial charge in [-0.25, -0.2) is 4.39 Å². The van der Waals surface area contributed by atoms with E-state index in [9.17, 15) is 17.6 Å². The first kappa shape index (κ1) is 24.3. The number of hydrogen-bond donors (Lipinski definition) is 0. The van der Waals surface area contributed by atoms with Crippen LogP contribution in [0.25, 0.3) is 11.1 Å². The van der Waals surface area contributed by atoms with E-state index in [1.807, 2.05) is 12.1 Å². The molecule has 6 heteroatoms. The van der Waals surface area contributed by atoms with Gasteiger partial charge >= 0.3 is 6.36 Å². The fourth-order valence-electron chi connectivity index (χ4n) is 6.12. The predicted molar refractivity (Wildman–Crippen MR) is 128 cm³/mol. The van der Waals surface area contributed by atoms with Gasteiger partial charge in [-0.2, -0.15) is 0 Å². The van der Waals surface area contributed by atoms with Crippen LogP contribution in [-0.2, 0) is 0 Å². The van der Waals surface area contributed by atoms with Crippen LogP contribution in [0.2, 0.25) is 18.1 Å². The van der Waals surface area contributed by atoms with Crippen LogP contribution < -0.4 is 4.74 Å². The molecule has 0 spiro atoms. The molecule has 2 fully saturated rings. The van der Waals surface area contributed by atoms with Crippen molar-refractivity contribution in [2.45, 2.75) is 82.3 Å². The first-order valence-electron chi connectivity index (χ1n) is 12.5. The third-order valence-electron chi connectivity index (χ3n) is 7.90. The zero-order valence-corrected chi connectivity index (χ0v) is 20.5. The molecule has 2 aromatic rings. The quantitative estimate of drug-likeness (QED) is 0.298.